The quantitative estimate of drug-likeness (QED) is 0.813. The number of ether oxygens (including phenoxy) is 2. The lowest BCUT2D eigenvalue weighted by Crippen LogP contribution is -2.18. The molecule has 1 fully saturated rings. The highest BCUT2D eigenvalue weighted by atomic mass is 79.9. The summed E-state index contributed by atoms with van der Waals surface area (Å²) < 4.78 is 11.7. The molecule has 0 unspecified atom stereocenters. The molecule has 1 N–H and O–H groups in total. The number of hydrogen-bond donors (Lipinski definition) is 1. The van der Waals surface area contributed by atoms with Crippen molar-refractivity contribution in [2.75, 3.05) is 20.8 Å². The maximum absolute atomic E-state index is 5.36. The highest BCUT2D eigenvalue weighted by Gasteiger charge is 2.20. The van der Waals surface area contributed by atoms with Crippen molar-refractivity contribution in [3.63, 3.8) is 0 Å². The van der Waals surface area contributed by atoms with Gasteiger partial charge in [0, 0.05) is 17.1 Å². The summed E-state index contributed by atoms with van der Waals surface area (Å²) >= 11 is 3.60. The Morgan fingerprint density at radius 2 is 1.95 bits per heavy atom. The largest absolute Gasteiger partial charge is 0.493 e. The Morgan fingerprint density at radius 1 is 1.30 bits per heavy atom. The first kappa shape index (κ1) is 15.4. The molecule has 1 aromatic carbocycles. The highest BCUT2D eigenvalue weighted by Crippen LogP contribution is 2.34. The SMILES string of the molecule is CCC(=Cc1cc(OC)c(OC)cc1Br)CNC1CC1. The van der Waals surface area contributed by atoms with Crippen LogP contribution in [0.1, 0.15) is 31.7 Å². The third kappa shape index (κ3) is 4.00. The Morgan fingerprint density at radius 3 is 2.50 bits per heavy atom. The fourth-order valence-electron chi connectivity index (χ4n) is 2.04. The molecule has 1 aliphatic carbocycles. The van der Waals surface area contributed by atoms with Crippen LogP contribution in [-0.2, 0) is 0 Å². The first-order valence-corrected chi connectivity index (χ1v) is 7.81. The van der Waals surface area contributed by atoms with Gasteiger partial charge < -0.3 is 14.8 Å². The van der Waals surface area contributed by atoms with Gasteiger partial charge in [-0.25, -0.2) is 0 Å². The Bertz CT molecular complexity index is 495. The van der Waals surface area contributed by atoms with Crippen LogP contribution >= 0.6 is 15.9 Å². The topological polar surface area (TPSA) is 30.5 Å². The number of rotatable bonds is 7. The fraction of sp³-hybridized carbons (Fsp3) is 0.500. The lowest BCUT2D eigenvalue weighted by Gasteiger charge is -2.12. The average Bonchev–Trinajstić information content (AvgIpc) is 3.28. The Hall–Kier alpha value is -1.00. The summed E-state index contributed by atoms with van der Waals surface area (Å²) in [6.45, 7) is 3.15. The number of halogens is 1. The van der Waals surface area contributed by atoms with Crippen LogP contribution in [0.15, 0.2) is 22.2 Å². The van der Waals surface area contributed by atoms with Crippen LogP contribution < -0.4 is 14.8 Å². The average molecular weight is 340 g/mol. The lowest BCUT2D eigenvalue weighted by molar-refractivity contribution is 0.354. The van der Waals surface area contributed by atoms with Gasteiger partial charge in [-0.05, 0) is 37.0 Å². The van der Waals surface area contributed by atoms with E-state index in [0.29, 0.717) is 0 Å². The molecule has 0 bridgehead atoms. The molecule has 0 aromatic heterocycles. The number of benzene rings is 1. The van der Waals surface area contributed by atoms with Gasteiger partial charge >= 0.3 is 0 Å². The van der Waals surface area contributed by atoms with Crippen LogP contribution in [0.25, 0.3) is 6.08 Å². The van der Waals surface area contributed by atoms with Crippen molar-refractivity contribution in [1.82, 2.24) is 5.32 Å². The van der Waals surface area contributed by atoms with E-state index in [-0.39, 0.29) is 0 Å². The Kier molecular flexibility index (Phi) is 5.49. The van der Waals surface area contributed by atoms with Crippen LogP contribution in [0.4, 0.5) is 0 Å². The van der Waals surface area contributed by atoms with Crippen molar-refractivity contribution in [1.29, 1.82) is 0 Å². The summed E-state index contributed by atoms with van der Waals surface area (Å²) in [5.41, 5.74) is 2.52. The van der Waals surface area contributed by atoms with Gasteiger partial charge in [-0.1, -0.05) is 34.5 Å². The van der Waals surface area contributed by atoms with E-state index in [2.05, 4.69) is 34.2 Å². The minimum atomic E-state index is 0.735. The molecule has 20 heavy (non-hydrogen) atoms. The predicted molar refractivity (Wildman–Crippen MR) is 86.5 cm³/mol. The van der Waals surface area contributed by atoms with Crippen LogP contribution in [0.3, 0.4) is 0 Å². The number of methoxy groups -OCH3 is 2. The monoisotopic (exact) mass is 339 g/mol. The first-order chi connectivity index (χ1) is 9.67. The second-order valence-electron chi connectivity index (χ2n) is 5.04. The van der Waals surface area contributed by atoms with Gasteiger partial charge in [0.2, 0.25) is 0 Å². The molecule has 0 aliphatic heterocycles. The van der Waals surface area contributed by atoms with Crippen molar-refractivity contribution >= 4 is 22.0 Å². The van der Waals surface area contributed by atoms with Gasteiger partial charge in [0.15, 0.2) is 11.5 Å². The second kappa shape index (κ2) is 7.14. The molecule has 0 amide bonds. The zero-order chi connectivity index (χ0) is 14.5. The molecule has 2 rings (SSSR count). The molecule has 0 heterocycles. The zero-order valence-electron chi connectivity index (χ0n) is 12.3. The van der Waals surface area contributed by atoms with Crippen molar-refractivity contribution in [3.05, 3.63) is 27.7 Å². The zero-order valence-corrected chi connectivity index (χ0v) is 13.9. The normalized spacial score (nSPS) is 15.3. The van der Waals surface area contributed by atoms with Gasteiger partial charge in [-0.15, -0.1) is 0 Å². The minimum Gasteiger partial charge on any atom is -0.493 e. The standard InChI is InChI=1S/C16H22BrNO2/c1-4-11(10-18-13-5-6-13)7-12-8-15(19-2)16(20-3)9-14(12)17/h7-9,13,18H,4-6,10H2,1-3H3. The first-order valence-electron chi connectivity index (χ1n) is 7.02. The third-order valence-corrected chi connectivity index (χ3v) is 4.20. The van der Waals surface area contributed by atoms with E-state index in [1.807, 2.05) is 12.1 Å². The molecule has 110 valence electrons. The van der Waals surface area contributed by atoms with E-state index >= 15 is 0 Å². The summed E-state index contributed by atoms with van der Waals surface area (Å²) in [5.74, 6) is 1.50. The summed E-state index contributed by atoms with van der Waals surface area (Å²) in [5, 5.41) is 3.56. The maximum Gasteiger partial charge on any atom is 0.161 e. The lowest BCUT2D eigenvalue weighted by atomic mass is 10.1. The number of nitrogens with one attached hydrogen (secondary N) is 1. The Labute approximate surface area is 129 Å². The van der Waals surface area contributed by atoms with Crippen molar-refractivity contribution < 1.29 is 9.47 Å². The van der Waals surface area contributed by atoms with Gasteiger partial charge in [0.1, 0.15) is 0 Å². The predicted octanol–water partition coefficient (Wildman–Crippen LogP) is 4.01. The van der Waals surface area contributed by atoms with Gasteiger partial charge in [-0.3, -0.25) is 0 Å². The Balaban J connectivity index is 2.20. The van der Waals surface area contributed by atoms with E-state index in [9.17, 15) is 0 Å². The molecule has 0 atom stereocenters. The molecule has 0 radical (unpaired) electrons. The van der Waals surface area contributed by atoms with Gasteiger partial charge in [0.05, 0.1) is 14.2 Å². The van der Waals surface area contributed by atoms with Gasteiger partial charge in [0.25, 0.3) is 0 Å². The summed E-state index contributed by atoms with van der Waals surface area (Å²) in [6, 6.07) is 4.70. The molecule has 0 spiro atoms. The molecule has 4 heteroatoms. The molecule has 0 saturated heterocycles. The van der Waals surface area contributed by atoms with Crippen molar-refractivity contribution in [2.24, 2.45) is 0 Å². The van der Waals surface area contributed by atoms with E-state index in [1.165, 1.54) is 18.4 Å². The molecule has 1 aliphatic rings. The van der Waals surface area contributed by atoms with Crippen LogP contribution in [0.2, 0.25) is 0 Å². The second-order valence-corrected chi connectivity index (χ2v) is 5.89. The highest BCUT2D eigenvalue weighted by molar-refractivity contribution is 9.10. The van der Waals surface area contributed by atoms with E-state index in [0.717, 1.165) is 40.5 Å². The maximum atomic E-state index is 5.36. The third-order valence-electron chi connectivity index (χ3n) is 3.51. The van der Waals surface area contributed by atoms with E-state index in [4.69, 9.17) is 9.47 Å². The summed E-state index contributed by atoms with van der Waals surface area (Å²) in [7, 11) is 3.31. The van der Waals surface area contributed by atoms with E-state index in [1.54, 1.807) is 14.2 Å². The van der Waals surface area contributed by atoms with Crippen LogP contribution in [-0.4, -0.2) is 26.8 Å². The number of hydrogen-bond acceptors (Lipinski definition) is 3. The molecule has 3 nitrogen and oxygen atoms in total. The minimum absolute atomic E-state index is 0.735. The van der Waals surface area contributed by atoms with Crippen LogP contribution in [0, 0.1) is 0 Å². The molecular formula is C16H22BrNO2. The molecular weight excluding hydrogens is 318 g/mol. The molecule has 1 aromatic rings. The smallest absolute Gasteiger partial charge is 0.161 e. The fourth-order valence-corrected chi connectivity index (χ4v) is 2.48. The summed E-state index contributed by atoms with van der Waals surface area (Å²) in [6.07, 6.45) is 5.90. The van der Waals surface area contributed by atoms with Crippen molar-refractivity contribution in [3.8, 4) is 11.5 Å². The van der Waals surface area contributed by atoms with E-state index < -0.39 is 0 Å². The van der Waals surface area contributed by atoms with Crippen LogP contribution in [0.5, 0.6) is 11.5 Å². The van der Waals surface area contributed by atoms with Gasteiger partial charge in [-0.2, -0.15) is 0 Å². The summed E-state index contributed by atoms with van der Waals surface area (Å²) in [4.78, 5) is 0. The van der Waals surface area contributed by atoms with Crippen molar-refractivity contribution in [2.45, 2.75) is 32.2 Å². The molecule has 1 saturated carbocycles.